The summed E-state index contributed by atoms with van der Waals surface area (Å²) >= 11 is 0. The maximum absolute atomic E-state index is 12.5. The molecule has 0 bridgehead atoms. The van der Waals surface area contributed by atoms with Crippen molar-refractivity contribution in [1.82, 2.24) is 0 Å². The number of ketones is 1. The van der Waals surface area contributed by atoms with Crippen molar-refractivity contribution in [2.24, 2.45) is 0 Å². The topological polar surface area (TPSA) is 96.6 Å². The van der Waals surface area contributed by atoms with E-state index < -0.39 is 11.8 Å². The van der Waals surface area contributed by atoms with Gasteiger partial charge >= 0.3 is 5.97 Å². The minimum absolute atomic E-state index is 0.0584. The van der Waals surface area contributed by atoms with E-state index >= 15 is 0 Å². The predicted molar refractivity (Wildman–Crippen MR) is 83.9 cm³/mol. The summed E-state index contributed by atoms with van der Waals surface area (Å²) in [6, 6.07) is 12.5. The Kier molecular flexibility index (Phi) is 4.00. The first-order valence-corrected chi connectivity index (χ1v) is 6.98. The van der Waals surface area contributed by atoms with Crippen LogP contribution in [0.15, 0.2) is 48.0 Å². The molecular formula is C18H11NO5. The third-order valence-corrected chi connectivity index (χ3v) is 3.47. The van der Waals surface area contributed by atoms with Gasteiger partial charge in [-0.2, -0.15) is 5.26 Å². The number of carbonyl (C=O) groups excluding carboxylic acids is 1. The number of carboxylic acid groups (broad SMARTS) is 1. The molecule has 0 aliphatic carbocycles. The van der Waals surface area contributed by atoms with Crippen LogP contribution in [-0.2, 0) is 0 Å². The van der Waals surface area contributed by atoms with Gasteiger partial charge in [-0.3, -0.25) is 4.79 Å². The van der Waals surface area contributed by atoms with E-state index in [9.17, 15) is 14.9 Å². The van der Waals surface area contributed by atoms with Gasteiger partial charge in [-0.15, -0.1) is 0 Å². The Hall–Kier alpha value is -3.59. The molecule has 1 aliphatic heterocycles. The van der Waals surface area contributed by atoms with Crippen molar-refractivity contribution < 1.29 is 24.2 Å². The van der Waals surface area contributed by atoms with E-state index in [4.69, 9.17) is 14.6 Å². The van der Waals surface area contributed by atoms with Crippen LogP contribution in [0.1, 0.15) is 26.3 Å². The Morgan fingerprint density at radius 3 is 2.38 bits per heavy atom. The zero-order valence-corrected chi connectivity index (χ0v) is 12.4. The molecule has 118 valence electrons. The van der Waals surface area contributed by atoms with E-state index in [0.29, 0.717) is 22.6 Å². The highest BCUT2D eigenvalue weighted by Crippen LogP contribution is 2.33. The first-order chi connectivity index (χ1) is 11.6. The molecule has 2 aromatic rings. The van der Waals surface area contributed by atoms with Crippen molar-refractivity contribution in [2.45, 2.75) is 0 Å². The van der Waals surface area contributed by atoms with Gasteiger partial charge in [0.2, 0.25) is 12.6 Å². The minimum Gasteiger partial charge on any atom is -0.478 e. The number of hydrogen-bond donors (Lipinski definition) is 1. The molecule has 0 aromatic heterocycles. The largest absolute Gasteiger partial charge is 0.478 e. The second-order valence-corrected chi connectivity index (χ2v) is 4.99. The van der Waals surface area contributed by atoms with E-state index in [1.54, 1.807) is 12.1 Å². The van der Waals surface area contributed by atoms with Crippen LogP contribution in [0.2, 0.25) is 0 Å². The number of Topliss-reactive ketones (excluding diaryl/α,β-unsaturated/α-hetero) is 1. The van der Waals surface area contributed by atoms with Gasteiger partial charge in [0.05, 0.1) is 5.56 Å². The van der Waals surface area contributed by atoms with Crippen LogP contribution < -0.4 is 9.47 Å². The number of carboxylic acids is 1. The molecule has 0 saturated carbocycles. The molecule has 1 aliphatic rings. The molecule has 0 fully saturated rings. The lowest BCUT2D eigenvalue weighted by atomic mass is 10.0. The number of hydrogen-bond acceptors (Lipinski definition) is 5. The van der Waals surface area contributed by atoms with Gasteiger partial charge in [-0.05, 0) is 42.0 Å². The number of rotatable bonds is 4. The molecule has 1 heterocycles. The molecule has 1 N–H and O–H groups in total. The summed E-state index contributed by atoms with van der Waals surface area (Å²) in [5.74, 6) is -0.470. The Morgan fingerprint density at radius 1 is 1.04 bits per heavy atom. The fourth-order valence-corrected chi connectivity index (χ4v) is 2.23. The van der Waals surface area contributed by atoms with Crippen LogP contribution in [0.3, 0.4) is 0 Å². The third kappa shape index (κ3) is 2.96. The van der Waals surface area contributed by atoms with Gasteiger partial charge in [-0.1, -0.05) is 12.1 Å². The molecule has 0 spiro atoms. The van der Waals surface area contributed by atoms with Gasteiger partial charge in [0.25, 0.3) is 0 Å². The van der Waals surface area contributed by atoms with Crippen molar-refractivity contribution in [2.75, 3.05) is 6.79 Å². The predicted octanol–water partition coefficient (Wildman–Crippen LogP) is 2.90. The highest BCUT2D eigenvalue weighted by Gasteiger charge is 2.18. The van der Waals surface area contributed by atoms with Gasteiger partial charge in [0, 0.05) is 5.56 Å². The lowest BCUT2D eigenvalue weighted by molar-refractivity contribution is 0.0696. The number of carbonyl (C=O) groups is 2. The number of nitrogens with zero attached hydrogens (tertiary/aromatic N) is 1. The monoisotopic (exact) mass is 321 g/mol. The average Bonchev–Trinajstić information content (AvgIpc) is 3.07. The van der Waals surface area contributed by atoms with Gasteiger partial charge in [0.15, 0.2) is 11.5 Å². The number of benzene rings is 2. The number of nitriles is 1. The Morgan fingerprint density at radius 2 is 1.71 bits per heavy atom. The number of ether oxygens (including phenoxy) is 2. The Bertz CT molecular complexity index is 891. The summed E-state index contributed by atoms with van der Waals surface area (Å²) in [7, 11) is 0. The second kappa shape index (κ2) is 6.26. The smallest absolute Gasteiger partial charge is 0.335 e. The number of aromatic carboxylic acids is 1. The molecule has 0 amide bonds. The van der Waals surface area contributed by atoms with Gasteiger partial charge < -0.3 is 14.6 Å². The molecule has 0 unspecified atom stereocenters. The molecule has 24 heavy (non-hydrogen) atoms. The summed E-state index contributed by atoms with van der Waals surface area (Å²) in [4.78, 5) is 23.3. The Balaban J connectivity index is 1.89. The van der Waals surface area contributed by atoms with Crippen molar-refractivity contribution in [3.63, 3.8) is 0 Å². The maximum Gasteiger partial charge on any atom is 0.335 e. The highest BCUT2D eigenvalue weighted by atomic mass is 16.7. The second-order valence-electron chi connectivity index (χ2n) is 4.99. The third-order valence-electron chi connectivity index (χ3n) is 3.47. The molecular weight excluding hydrogens is 310 g/mol. The van der Waals surface area contributed by atoms with Crippen molar-refractivity contribution in [1.29, 1.82) is 5.26 Å². The summed E-state index contributed by atoms with van der Waals surface area (Å²) in [6.45, 7) is 0.101. The summed E-state index contributed by atoms with van der Waals surface area (Å²) in [5, 5.41) is 18.1. The van der Waals surface area contributed by atoms with Gasteiger partial charge in [-0.25, -0.2) is 4.79 Å². The first-order valence-electron chi connectivity index (χ1n) is 6.98. The maximum atomic E-state index is 12.5. The van der Waals surface area contributed by atoms with Crippen molar-refractivity contribution >= 4 is 17.8 Å². The lowest BCUT2D eigenvalue weighted by Gasteiger charge is -2.02. The fourth-order valence-electron chi connectivity index (χ4n) is 2.23. The normalized spacial score (nSPS) is 12.5. The SMILES string of the molecule is N#C/C(=C/c1ccc(C(=O)O)cc1)C(=O)c1ccc2c(c1)OCO2. The van der Waals surface area contributed by atoms with E-state index in [1.807, 2.05) is 6.07 Å². The van der Waals surface area contributed by atoms with Crippen molar-refractivity contribution in [3.8, 4) is 17.6 Å². The van der Waals surface area contributed by atoms with Crippen LogP contribution in [0.5, 0.6) is 11.5 Å². The fraction of sp³-hybridized carbons (Fsp3) is 0.0556. The molecule has 3 rings (SSSR count). The van der Waals surface area contributed by atoms with Crippen LogP contribution in [0.25, 0.3) is 6.08 Å². The van der Waals surface area contributed by atoms with Gasteiger partial charge in [0.1, 0.15) is 11.6 Å². The standard InChI is InChI=1S/C18H11NO5/c19-9-14(7-11-1-3-12(4-2-11)18(21)22)17(20)13-5-6-15-16(8-13)24-10-23-15/h1-8H,10H2,(H,21,22)/b14-7-. The first kappa shape index (κ1) is 15.3. The minimum atomic E-state index is -1.04. The molecule has 6 heteroatoms. The van der Waals surface area contributed by atoms with Crippen LogP contribution in [-0.4, -0.2) is 23.7 Å². The number of fused-ring (bicyclic) bond motifs is 1. The molecule has 6 nitrogen and oxygen atoms in total. The summed E-state index contributed by atoms with van der Waals surface area (Å²) in [5.41, 5.74) is 0.949. The van der Waals surface area contributed by atoms with Crippen LogP contribution >= 0.6 is 0 Å². The van der Waals surface area contributed by atoms with E-state index in [0.717, 1.165) is 0 Å². The zero-order valence-electron chi connectivity index (χ0n) is 12.4. The Labute approximate surface area is 137 Å². The quantitative estimate of drug-likeness (QED) is 0.528. The number of allylic oxidation sites excluding steroid dienone is 1. The average molecular weight is 321 g/mol. The molecule has 0 saturated heterocycles. The summed E-state index contributed by atoms with van der Waals surface area (Å²) < 4.78 is 10.4. The van der Waals surface area contributed by atoms with Crippen LogP contribution in [0, 0.1) is 11.3 Å². The molecule has 0 atom stereocenters. The zero-order chi connectivity index (χ0) is 17.1. The summed E-state index contributed by atoms with van der Waals surface area (Å²) in [6.07, 6.45) is 1.42. The van der Waals surface area contributed by atoms with Crippen LogP contribution in [0.4, 0.5) is 0 Å². The van der Waals surface area contributed by atoms with E-state index in [2.05, 4.69) is 0 Å². The molecule has 2 aromatic carbocycles. The lowest BCUT2D eigenvalue weighted by Crippen LogP contribution is -2.02. The van der Waals surface area contributed by atoms with Crippen molar-refractivity contribution in [3.05, 3.63) is 64.7 Å². The highest BCUT2D eigenvalue weighted by molar-refractivity contribution is 6.14. The van der Waals surface area contributed by atoms with E-state index in [-0.39, 0.29) is 17.9 Å². The van der Waals surface area contributed by atoms with E-state index in [1.165, 1.54) is 36.4 Å². The molecule has 0 radical (unpaired) electrons.